The molecule has 3 N–H and O–H groups in total. The van der Waals surface area contributed by atoms with Crippen molar-refractivity contribution in [2.75, 3.05) is 16.0 Å². The molecule has 0 aliphatic heterocycles. The quantitative estimate of drug-likeness (QED) is 0.420. The molecule has 0 unspecified atom stereocenters. The molecule has 4 aromatic rings. The van der Waals surface area contributed by atoms with Gasteiger partial charge in [0.1, 0.15) is 5.58 Å². The molecule has 0 aliphatic rings. The second kappa shape index (κ2) is 8.31. The Kier molecular flexibility index (Phi) is 5.25. The van der Waals surface area contributed by atoms with E-state index in [1.54, 1.807) is 24.3 Å². The van der Waals surface area contributed by atoms with Gasteiger partial charge in [-0.25, -0.2) is 9.59 Å². The van der Waals surface area contributed by atoms with E-state index < -0.39 is 11.7 Å². The number of hydrogen-bond acceptors (Lipinski definition) is 4. The molecule has 0 saturated carbocycles. The van der Waals surface area contributed by atoms with Crippen molar-refractivity contribution < 1.29 is 9.21 Å². The van der Waals surface area contributed by atoms with Crippen molar-refractivity contribution in [3.63, 3.8) is 0 Å². The third-order valence-corrected chi connectivity index (χ3v) is 4.40. The second-order valence-corrected chi connectivity index (χ2v) is 6.42. The predicted octanol–water partition coefficient (Wildman–Crippen LogP) is 5.05. The third-order valence-electron chi connectivity index (χ3n) is 4.40. The minimum absolute atomic E-state index is 0.0630. The van der Waals surface area contributed by atoms with Crippen LogP contribution in [0.5, 0.6) is 0 Å². The van der Waals surface area contributed by atoms with Crippen LogP contribution in [0, 0.1) is 0 Å². The average Bonchev–Trinajstić information content (AvgIpc) is 2.75. The first-order valence-electron chi connectivity index (χ1n) is 9.17. The summed E-state index contributed by atoms with van der Waals surface area (Å²) >= 11 is 0. The minimum Gasteiger partial charge on any atom is -0.421 e. The van der Waals surface area contributed by atoms with Gasteiger partial charge in [0.25, 0.3) is 0 Å². The van der Waals surface area contributed by atoms with Crippen LogP contribution < -0.4 is 21.6 Å². The van der Waals surface area contributed by atoms with Gasteiger partial charge in [-0.05, 0) is 29.8 Å². The molecule has 1 heterocycles. The van der Waals surface area contributed by atoms with Crippen molar-refractivity contribution in [3.05, 3.63) is 101 Å². The molecule has 6 nitrogen and oxygen atoms in total. The standard InChI is InChI=1S/C23H19N3O3/c27-22-21(26-23(28)25-17-11-5-2-6-12-17)20(18-13-7-8-14-19(18)29-22)24-15-16-9-3-1-4-10-16/h1-14,24H,15H2,(H2,25,26,28). The van der Waals surface area contributed by atoms with Gasteiger partial charge in [-0.1, -0.05) is 60.7 Å². The van der Waals surface area contributed by atoms with Crippen molar-refractivity contribution in [3.8, 4) is 0 Å². The Morgan fingerprint density at radius 1 is 0.759 bits per heavy atom. The molecule has 2 amide bonds. The highest BCUT2D eigenvalue weighted by molar-refractivity contribution is 6.05. The van der Waals surface area contributed by atoms with Gasteiger partial charge in [0.15, 0.2) is 5.69 Å². The maximum absolute atomic E-state index is 12.6. The van der Waals surface area contributed by atoms with E-state index in [0.717, 1.165) is 5.56 Å². The lowest BCUT2D eigenvalue weighted by Gasteiger charge is -2.15. The lowest BCUT2D eigenvalue weighted by molar-refractivity contribution is 0.262. The van der Waals surface area contributed by atoms with Gasteiger partial charge in [-0.15, -0.1) is 0 Å². The summed E-state index contributed by atoms with van der Waals surface area (Å²) in [7, 11) is 0. The molecule has 0 fully saturated rings. The fourth-order valence-corrected chi connectivity index (χ4v) is 3.03. The zero-order valence-electron chi connectivity index (χ0n) is 15.5. The van der Waals surface area contributed by atoms with E-state index in [0.29, 0.717) is 28.9 Å². The van der Waals surface area contributed by atoms with E-state index in [9.17, 15) is 9.59 Å². The van der Waals surface area contributed by atoms with E-state index in [2.05, 4.69) is 16.0 Å². The van der Waals surface area contributed by atoms with Crippen molar-refractivity contribution in [2.45, 2.75) is 6.54 Å². The minimum atomic E-state index is -0.623. The Hall–Kier alpha value is -4.06. The molecule has 0 aliphatic carbocycles. The van der Waals surface area contributed by atoms with Gasteiger partial charge in [0.05, 0.1) is 5.69 Å². The fourth-order valence-electron chi connectivity index (χ4n) is 3.03. The average molecular weight is 385 g/mol. The molecule has 3 aromatic carbocycles. The number of urea groups is 1. The van der Waals surface area contributed by atoms with E-state index in [1.165, 1.54) is 0 Å². The topological polar surface area (TPSA) is 83.4 Å². The summed E-state index contributed by atoms with van der Waals surface area (Å²) in [5.74, 6) is 0. The summed E-state index contributed by atoms with van der Waals surface area (Å²) in [6.45, 7) is 0.489. The number of para-hydroxylation sites is 2. The van der Waals surface area contributed by atoms with Crippen molar-refractivity contribution in [1.82, 2.24) is 0 Å². The normalized spacial score (nSPS) is 10.5. The van der Waals surface area contributed by atoms with Crippen LogP contribution in [-0.2, 0) is 6.54 Å². The third kappa shape index (κ3) is 4.27. The molecule has 0 spiro atoms. The molecular weight excluding hydrogens is 366 g/mol. The molecule has 6 heteroatoms. The summed E-state index contributed by atoms with van der Waals surface area (Å²) in [6.07, 6.45) is 0. The molecule has 0 saturated heterocycles. The van der Waals surface area contributed by atoms with E-state index in [1.807, 2.05) is 60.7 Å². The first kappa shape index (κ1) is 18.3. The van der Waals surface area contributed by atoms with Crippen molar-refractivity contribution >= 4 is 34.1 Å². The summed E-state index contributed by atoms with van der Waals surface area (Å²) in [6, 6.07) is 25.5. The number of fused-ring (bicyclic) bond motifs is 1. The van der Waals surface area contributed by atoms with Crippen LogP contribution in [0.25, 0.3) is 11.0 Å². The lowest BCUT2D eigenvalue weighted by Crippen LogP contribution is -2.24. The Morgan fingerprint density at radius 3 is 2.17 bits per heavy atom. The van der Waals surface area contributed by atoms with Crippen molar-refractivity contribution in [1.29, 1.82) is 0 Å². The summed E-state index contributed by atoms with van der Waals surface area (Å²) in [4.78, 5) is 25.1. The number of anilines is 3. The zero-order chi connectivity index (χ0) is 20.1. The number of carbonyl (C=O) groups is 1. The summed E-state index contributed by atoms with van der Waals surface area (Å²) in [5, 5.41) is 9.33. The summed E-state index contributed by atoms with van der Waals surface area (Å²) < 4.78 is 5.40. The van der Waals surface area contributed by atoms with Gasteiger partial charge in [-0.2, -0.15) is 0 Å². The lowest BCUT2D eigenvalue weighted by atomic mass is 10.1. The highest BCUT2D eigenvalue weighted by Crippen LogP contribution is 2.29. The molecular formula is C23H19N3O3. The van der Waals surface area contributed by atoms with Gasteiger partial charge in [0.2, 0.25) is 0 Å². The Morgan fingerprint density at radius 2 is 1.41 bits per heavy atom. The van der Waals surface area contributed by atoms with E-state index in [-0.39, 0.29) is 5.69 Å². The second-order valence-electron chi connectivity index (χ2n) is 6.42. The zero-order valence-corrected chi connectivity index (χ0v) is 15.5. The highest BCUT2D eigenvalue weighted by atomic mass is 16.4. The van der Waals surface area contributed by atoms with Gasteiger partial charge >= 0.3 is 11.7 Å². The fraction of sp³-hybridized carbons (Fsp3) is 0.0435. The monoisotopic (exact) mass is 385 g/mol. The molecule has 0 atom stereocenters. The van der Waals surface area contributed by atoms with Crippen LogP contribution >= 0.6 is 0 Å². The number of benzene rings is 3. The van der Waals surface area contributed by atoms with Crippen LogP contribution in [-0.4, -0.2) is 6.03 Å². The number of rotatable bonds is 5. The number of nitrogens with one attached hydrogen (secondary N) is 3. The molecule has 0 radical (unpaired) electrons. The van der Waals surface area contributed by atoms with Crippen LogP contribution in [0.1, 0.15) is 5.56 Å². The Bertz CT molecular complexity index is 1190. The van der Waals surface area contributed by atoms with Crippen LogP contribution in [0.15, 0.2) is 94.1 Å². The maximum atomic E-state index is 12.6. The molecule has 4 rings (SSSR count). The van der Waals surface area contributed by atoms with Crippen molar-refractivity contribution in [2.24, 2.45) is 0 Å². The largest absolute Gasteiger partial charge is 0.421 e. The first-order valence-corrected chi connectivity index (χ1v) is 9.17. The van der Waals surface area contributed by atoms with E-state index >= 15 is 0 Å². The van der Waals surface area contributed by atoms with Gasteiger partial charge in [-0.3, -0.25) is 5.32 Å². The number of hydrogen-bond donors (Lipinski definition) is 3. The molecule has 144 valence electrons. The van der Waals surface area contributed by atoms with Crippen LogP contribution in [0.3, 0.4) is 0 Å². The van der Waals surface area contributed by atoms with Gasteiger partial charge < -0.3 is 15.1 Å². The van der Waals surface area contributed by atoms with Crippen LogP contribution in [0.2, 0.25) is 0 Å². The van der Waals surface area contributed by atoms with Crippen LogP contribution in [0.4, 0.5) is 21.9 Å². The smallest absolute Gasteiger partial charge is 0.362 e. The number of carbonyl (C=O) groups excluding carboxylic acids is 1. The predicted molar refractivity (Wildman–Crippen MR) is 115 cm³/mol. The first-order chi connectivity index (χ1) is 14.2. The Balaban J connectivity index is 1.67. The molecule has 0 bridgehead atoms. The SMILES string of the molecule is O=C(Nc1ccccc1)Nc1c(NCc2ccccc2)c2ccccc2oc1=O. The number of amides is 2. The summed E-state index contributed by atoms with van der Waals surface area (Å²) in [5.41, 5.74) is 2.07. The van der Waals surface area contributed by atoms with E-state index in [4.69, 9.17) is 4.42 Å². The molecule has 29 heavy (non-hydrogen) atoms. The molecule has 1 aromatic heterocycles. The highest BCUT2D eigenvalue weighted by Gasteiger charge is 2.17. The van der Waals surface area contributed by atoms with Gasteiger partial charge in [0, 0.05) is 17.6 Å². The maximum Gasteiger partial charge on any atom is 0.362 e. The Labute approximate surface area is 167 Å².